The maximum absolute atomic E-state index is 13.8. The zero-order valence-electron chi connectivity index (χ0n) is 45.9. The van der Waals surface area contributed by atoms with Crippen LogP contribution < -0.4 is 33.4 Å². The summed E-state index contributed by atoms with van der Waals surface area (Å²) in [6, 6.07) is 26.3. The second kappa shape index (κ2) is 31.6. The Balaban J connectivity index is 0.890. The van der Waals surface area contributed by atoms with Crippen LogP contribution in [0.3, 0.4) is 0 Å². The van der Waals surface area contributed by atoms with Crippen molar-refractivity contribution in [2.45, 2.75) is 110 Å². The van der Waals surface area contributed by atoms with E-state index in [4.69, 9.17) is 48.0 Å². The highest BCUT2D eigenvalue weighted by atomic mass is 32.1. The third kappa shape index (κ3) is 19.3. The van der Waals surface area contributed by atoms with Crippen LogP contribution in [-0.4, -0.2) is 73.4 Å². The molecule has 0 radical (unpaired) electrons. The Kier molecular flexibility index (Phi) is 23.6. The number of thiazole rings is 1. The minimum absolute atomic E-state index is 0.197. The summed E-state index contributed by atoms with van der Waals surface area (Å²) in [7, 11) is 0. The number of carbonyl (C=O) groups excluding carboxylic acids is 6. The Labute approximate surface area is 476 Å². The molecule has 0 atom stereocenters. The molecule has 2 saturated carbocycles. The van der Waals surface area contributed by atoms with Gasteiger partial charge >= 0.3 is 35.8 Å². The molecule has 81 heavy (non-hydrogen) atoms. The molecule has 5 aromatic rings. The van der Waals surface area contributed by atoms with Gasteiger partial charge in [-0.15, -0.1) is 0 Å². The number of carbonyl (C=O) groups is 6. The van der Waals surface area contributed by atoms with Gasteiger partial charge in [-0.1, -0.05) is 43.2 Å². The van der Waals surface area contributed by atoms with Crippen LogP contribution in [0.4, 0.5) is 5.13 Å². The van der Waals surface area contributed by atoms with Crippen LogP contribution in [0, 0.1) is 23.7 Å². The van der Waals surface area contributed by atoms with E-state index < -0.39 is 41.6 Å². The number of allylic oxidation sites excluding steroid dienone is 1. The quantitative estimate of drug-likeness (QED) is 0.0105. The van der Waals surface area contributed by atoms with Crippen molar-refractivity contribution in [2.75, 3.05) is 31.4 Å². The number of fused-ring (bicyclic) bond motifs is 1. The first-order valence-corrected chi connectivity index (χ1v) is 28.6. The topological polar surface area (TPSA) is 205 Å². The molecule has 0 spiro atoms. The highest BCUT2D eigenvalue weighted by Crippen LogP contribution is 2.36. The van der Waals surface area contributed by atoms with Crippen molar-refractivity contribution in [3.8, 4) is 34.5 Å². The van der Waals surface area contributed by atoms with Gasteiger partial charge in [0.15, 0.2) is 0 Å². The number of aromatic nitrogens is 1. The molecule has 2 aliphatic carbocycles. The SMILES string of the molecule is C=CC(=O)OCCCCCCOc1ccc(OC(=O)[C@H]2CC[C@H](C(=O)Oc3ccc(OC(=O)[C@H]4CC[C@H](C(=O)Oc5ccc(OCCCCCCOC(=O)C=C)cc5)CC4)c(/C=N\N(C(=C)C)c4nc5ccccc5s4)c3)CC2)cc1. The predicted octanol–water partition coefficient (Wildman–Crippen LogP) is 12.6. The Bertz CT molecular complexity index is 2940. The molecule has 1 aromatic heterocycles. The second-order valence-electron chi connectivity index (χ2n) is 19.9. The van der Waals surface area contributed by atoms with Crippen LogP contribution in [0.5, 0.6) is 34.5 Å². The molecular weight excluding hydrogens is 1050 g/mol. The smallest absolute Gasteiger partial charge is 0.330 e. The maximum Gasteiger partial charge on any atom is 0.330 e. The lowest BCUT2D eigenvalue weighted by Gasteiger charge is -2.26. The summed E-state index contributed by atoms with van der Waals surface area (Å²) in [5, 5.41) is 6.90. The molecule has 2 fully saturated rings. The van der Waals surface area contributed by atoms with Crippen LogP contribution in [0.2, 0.25) is 0 Å². The molecule has 17 nitrogen and oxygen atoms in total. The third-order valence-corrected chi connectivity index (χ3v) is 14.9. The molecule has 0 saturated heterocycles. The van der Waals surface area contributed by atoms with Gasteiger partial charge in [0.05, 0.1) is 66.5 Å². The van der Waals surface area contributed by atoms with E-state index in [1.165, 1.54) is 17.6 Å². The third-order valence-electron chi connectivity index (χ3n) is 13.9. The number of unbranched alkanes of at least 4 members (excludes halogenated alkanes) is 6. The average Bonchev–Trinajstić information content (AvgIpc) is 3.92. The first-order chi connectivity index (χ1) is 39.3. The van der Waals surface area contributed by atoms with Gasteiger partial charge in [0.2, 0.25) is 5.13 Å². The van der Waals surface area contributed by atoms with Gasteiger partial charge in [0.1, 0.15) is 34.5 Å². The average molecular weight is 1130 g/mol. The van der Waals surface area contributed by atoms with Crippen molar-refractivity contribution >= 4 is 68.7 Å². The number of nitrogens with zero attached hydrogens (tertiary/aromatic N) is 3. The number of rotatable bonds is 30. The highest BCUT2D eigenvalue weighted by Gasteiger charge is 2.34. The highest BCUT2D eigenvalue weighted by molar-refractivity contribution is 7.22. The Hall–Kier alpha value is -8.12. The van der Waals surface area contributed by atoms with E-state index in [-0.39, 0.29) is 29.4 Å². The molecule has 0 aliphatic heterocycles. The minimum atomic E-state index is -0.480. The standard InChI is InChI=1S/C63H71N3O14S/c1-5-57(67)75-39-15-9-7-13-37-73-49-27-31-51(32-28-49)77-59(69)44-19-21-46(22-20-44)61(71)79-53-35-36-55(48(41-53)42-64-66(43(3)4)63-65-54-17-11-12-18-56(54)81-63)80-62(72)47-25-23-45(24-26-47)60(70)78-52-33-29-50(30-34-52)74-38-14-8-10-16-40-76-58(68)6-2/h5-6,11-12,17-18,27-36,41-42,44-47H,1-3,7-10,13-16,19-26,37-40H2,4H3/b64-42-/t44-,45-,46-,47-. The molecule has 0 N–H and O–H groups in total. The molecule has 2 aliphatic rings. The lowest BCUT2D eigenvalue weighted by atomic mass is 9.82. The van der Waals surface area contributed by atoms with Gasteiger partial charge < -0.3 is 37.9 Å². The van der Waals surface area contributed by atoms with E-state index in [0.29, 0.717) is 117 Å². The summed E-state index contributed by atoms with van der Waals surface area (Å²) in [6.45, 7) is 14.5. The van der Waals surface area contributed by atoms with Crippen molar-refractivity contribution in [1.29, 1.82) is 0 Å². The number of para-hydroxylation sites is 1. The van der Waals surface area contributed by atoms with Gasteiger partial charge in [-0.05, 0) is 189 Å². The van der Waals surface area contributed by atoms with Gasteiger partial charge in [0, 0.05) is 23.4 Å². The van der Waals surface area contributed by atoms with Crippen molar-refractivity contribution in [1.82, 2.24) is 4.98 Å². The van der Waals surface area contributed by atoms with Crippen molar-refractivity contribution in [3.63, 3.8) is 0 Å². The second-order valence-corrected chi connectivity index (χ2v) is 21.0. The fourth-order valence-electron chi connectivity index (χ4n) is 9.25. The lowest BCUT2D eigenvalue weighted by molar-refractivity contribution is -0.145. The number of hydrazone groups is 1. The fourth-order valence-corrected chi connectivity index (χ4v) is 10.2. The predicted molar refractivity (Wildman–Crippen MR) is 308 cm³/mol. The van der Waals surface area contributed by atoms with E-state index in [2.05, 4.69) is 19.7 Å². The largest absolute Gasteiger partial charge is 0.494 e. The van der Waals surface area contributed by atoms with E-state index in [1.807, 2.05) is 24.3 Å². The number of hydrogen-bond acceptors (Lipinski definition) is 18. The summed E-state index contributed by atoms with van der Waals surface area (Å²) in [6.07, 6.45) is 14.2. The molecule has 7 rings (SSSR count). The number of hydrogen-bond donors (Lipinski definition) is 0. The fraction of sp³-hybridized carbons (Fsp3) is 0.397. The first-order valence-electron chi connectivity index (χ1n) is 27.8. The molecule has 4 aromatic carbocycles. The van der Waals surface area contributed by atoms with Gasteiger partial charge in [0.25, 0.3) is 0 Å². The van der Waals surface area contributed by atoms with E-state index in [1.54, 1.807) is 78.7 Å². The lowest BCUT2D eigenvalue weighted by Crippen LogP contribution is -2.30. The summed E-state index contributed by atoms with van der Waals surface area (Å²) >= 11 is 1.44. The number of ether oxygens (including phenoxy) is 8. The van der Waals surface area contributed by atoms with Crippen molar-refractivity contribution < 1.29 is 66.7 Å². The molecule has 1 heterocycles. The molecule has 0 bridgehead atoms. The minimum Gasteiger partial charge on any atom is -0.494 e. The zero-order chi connectivity index (χ0) is 57.3. The van der Waals surface area contributed by atoms with Crippen LogP contribution in [0.1, 0.15) is 115 Å². The number of esters is 6. The molecule has 0 unspecified atom stereocenters. The van der Waals surface area contributed by atoms with E-state index in [0.717, 1.165) is 73.7 Å². The van der Waals surface area contributed by atoms with Crippen molar-refractivity contribution in [3.05, 3.63) is 134 Å². The van der Waals surface area contributed by atoms with Crippen molar-refractivity contribution in [2.24, 2.45) is 28.8 Å². The molecule has 428 valence electrons. The summed E-state index contributed by atoms with van der Waals surface area (Å²) < 4.78 is 46.1. The van der Waals surface area contributed by atoms with E-state index >= 15 is 0 Å². The summed E-state index contributed by atoms with van der Waals surface area (Å²) in [5.41, 5.74) is 1.75. The summed E-state index contributed by atoms with van der Waals surface area (Å²) in [4.78, 5) is 81.0. The normalized spacial score (nSPS) is 16.8. The molecule has 18 heteroatoms. The van der Waals surface area contributed by atoms with Gasteiger partial charge in [-0.3, -0.25) is 19.2 Å². The van der Waals surface area contributed by atoms with Gasteiger partial charge in [-0.2, -0.15) is 5.10 Å². The molecular formula is C63H71N3O14S. The van der Waals surface area contributed by atoms with Crippen LogP contribution in [-0.2, 0) is 38.2 Å². The first kappa shape index (κ1) is 60.5. The Morgan fingerprint density at radius 3 is 1.40 bits per heavy atom. The Morgan fingerprint density at radius 1 is 0.543 bits per heavy atom. The number of benzene rings is 4. The number of anilines is 1. The Morgan fingerprint density at radius 2 is 0.951 bits per heavy atom. The van der Waals surface area contributed by atoms with Crippen LogP contribution in [0.15, 0.2) is 134 Å². The summed E-state index contributed by atoms with van der Waals surface area (Å²) in [5.74, 6) is -1.63. The van der Waals surface area contributed by atoms with Gasteiger partial charge in [-0.25, -0.2) is 19.6 Å². The molecule has 0 amide bonds. The maximum atomic E-state index is 13.8. The monoisotopic (exact) mass is 1130 g/mol. The van der Waals surface area contributed by atoms with Crippen LogP contribution >= 0.6 is 11.3 Å². The van der Waals surface area contributed by atoms with E-state index in [9.17, 15) is 28.8 Å². The van der Waals surface area contributed by atoms with Crippen LogP contribution in [0.25, 0.3) is 10.2 Å². The zero-order valence-corrected chi connectivity index (χ0v) is 46.7.